The lowest BCUT2D eigenvalue weighted by Crippen LogP contribution is -1.98. The van der Waals surface area contributed by atoms with E-state index < -0.39 is 16.8 Å². The van der Waals surface area contributed by atoms with Gasteiger partial charge < -0.3 is 5.11 Å². The van der Waals surface area contributed by atoms with Gasteiger partial charge in [-0.1, -0.05) is 0 Å². The Balaban J connectivity index is 0.000000310. The highest BCUT2D eigenvalue weighted by Crippen LogP contribution is 1.87. The summed E-state index contributed by atoms with van der Waals surface area (Å²) in [6, 6.07) is 1.34. The standard InChI is InChI=1S/C5H4N2O2.C2H6OS/c8-5(9)4-1-2-6-3-7-4;1-4(2)3/h1-3H,(H,8,9);1-2H3. The number of rotatable bonds is 1. The number of carbonyl (C=O) groups is 1. The number of hydrogen-bond donors (Lipinski definition) is 1. The molecule has 6 heteroatoms. The van der Waals surface area contributed by atoms with Crippen LogP contribution in [0, 0.1) is 0 Å². The van der Waals surface area contributed by atoms with Gasteiger partial charge in [0.05, 0.1) is 0 Å². The van der Waals surface area contributed by atoms with E-state index in [-0.39, 0.29) is 5.69 Å². The molecule has 0 bridgehead atoms. The van der Waals surface area contributed by atoms with E-state index in [1.807, 2.05) is 0 Å². The average Bonchev–Trinajstić information content (AvgIpc) is 2.05. The van der Waals surface area contributed by atoms with Crippen molar-refractivity contribution in [1.82, 2.24) is 9.97 Å². The van der Waals surface area contributed by atoms with Gasteiger partial charge in [-0.2, -0.15) is 0 Å². The van der Waals surface area contributed by atoms with E-state index in [2.05, 4.69) is 9.97 Å². The molecule has 0 fully saturated rings. The zero-order chi connectivity index (χ0) is 10.3. The van der Waals surface area contributed by atoms with E-state index in [4.69, 9.17) is 5.11 Å². The molecule has 1 aromatic rings. The minimum absolute atomic E-state index is 0.0185. The van der Waals surface area contributed by atoms with Gasteiger partial charge in [-0.3, -0.25) is 4.21 Å². The van der Waals surface area contributed by atoms with Crippen molar-refractivity contribution in [3.63, 3.8) is 0 Å². The van der Waals surface area contributed by atoms with Crippen LogP contribution < -0.4 is 0 Å². The predicted octanol–water partition coefficient (Wildman–Crippen LogP) is 0.170. The third kappa shape index (κ3) is 7.07. The fourth-order valence-corrected chi connectivity index (χ4v) is 0.417. The maximum absolute atomic E-state index is 10.1. The normalized spacial score (nSPS) is 8.85. The summed E-state index contributed by atoms with van der Waals surface area (Å²) < 4.78 is 9.56. The Bertz CT molecular complexity index is 285. The summed E-state index contributed by atoms with van der Waals surface area (Å²) in [4.78, 5) is 17.1. The van der Waals surface area contributed by atoms with Crippen molar-refractivity contribution in [3.05, 3.63) is 24.3 Å². The molecule has 0 spiro atoms. The van der Waals surface area contributed by atoms with Gasteiger partial charge in [0, 0.05) is 29.5 Å². The van der Waals surface area contributed by atoms with Crippen molar-refractivity contribution in [2.24, 2.45) is 0 Å². The molecule has 1 heterocycles. The van der Waals surface area contributed by atoms with Crippen LogP contribution in [0.25, 0.3) is 0 Å². The first kappa shape index (κ1) is 11.7. The molecule has 0 radical (unpaired) electrons. The molecule has 5 nitrogen and oxygen atoms in total. The zero-order valence-electron chi connectivity index (χ0n) is 7.30. The topological polar surface area (TPSA) is 80.2 Å². The molecule has 72 valence electrons. The van der Waals surface area contributed by atoms with Crippen LogP contribution in [0.2, 0.25) is 0 Å². The Labute approximate surface area is 78.3 Å². The van der Waals surface area contributed by atoms with Gasteiger partial charge >= 0.3 is 5.97 Å². The maximum atomic E-state index is 10.1. The monoisotopic (exact) mass is 202 g/mol. The van der Waals surface area contributed by atoms with Gasteiger partial charge in [0.2, 0.25) is 0 Å². The number of carboxylic acid groups (broad SMARTS) is 1. The van der Waals surface area contributed by atoms with Crippen molar-refractivity contribution in [2.75, 3.05) is 12.5 Å². The second-order valence-electron chi connectivity index (χ2n) is 2.14. The Morgan fingerprint density at radius 2 is 2.08 bits per heavy atom. The SMILES string of the molecule is CS(C)=O.O=C(O)c1ccncn1. The van der Waals surface area contributed by atoms with Crippen LogP contribution in [0.4, 0.5) is 0 Å². The van der Waals surface area contributed by atoms with Crippen molar-refractivity contribution >= 4 is 16.8 Å². The Hall–Kier alpha value is -1.30. The summed E-state index contributed by atoms with van der Waals surface area (Å²) in [5.41, 5.74) is 0.0185. The van der Waals surface area contributed by atoms with Crippen LogP contribution in [0.5, 0.6) is 0 Å². The third-order valence-corrected chi connectivity index (χ3v) is 0.801. The van der Waals surface area contributed by atoms with Crippen LogP contribution in [-0.4, -0.2) is 37.8 Å². The van der Waals surface area contributed by atoms with Gasteiger partial charge in [-0.15, -0.1) is 0 Å². The molecule has 1 aromatic heterocycles. The smallest absolute Gasteiger partial charge is 0.354 e. The molecule has 0 saturated carbocycles. The molecular formula is C7H10N2O3S. The molecule has 1 N–H and O–H groups in total. The van der Waals surface area contributed by atoms with E-state index in [1.54, 1.807) is 12.5 Å². The Kier molecular flexibility index (Phi) is 5.62. The quantitative estimate of drug-likeness (QED) is 0.702. The highest BCUT2D eigenvalue weighted by Gasteiger charge is 1.99. The summed E-state index contributed by atoms with van der Waals surface area (Å²) in [5.74, 6) is -1.03. The number of aromatic nitrogens is 2. The summed E-state index contributed by atoms with van der Waals surface area (Å²) in [6.45, 7) is 0. The molecule has 1 rings (SSSR count). The van der Waals surface area contributed by atoms with Gasteiger partial charge in [0.25, 0.3) is 0 Å². The molecule has 0 aromatic carbocycles. The maximum Gasteiger partial charge on any atom is 0.354 e. The fraction of sp³-hybridized carbons (Fsp3) is 0.286. The molecule has 0 atom stereocenters. The van der Waals surface area contributed by atoms with E-state index in [9.17, 15) is 9.00 Å². The van der Waals surface area contributed by atoms with Gasteiger partial charge in [-0.05, 0) is 6.07 Å². The van der Waals surface area contributed by atoms with Crippen molar-refractivity contribution < 1.29 is 14.1 Å². The minimum atomic E-state index is -1.03. The lowest BCUT2D eigenvalue weighted by atomic mass is 10.4. The predicted molar refractivity (Wildman–Crippen MR) is 49.0 cm³/mol. The van der Waals surface area contributed by atoms with Crippen LogP contribution in [0.1, 0.15) is 10.5 Å². The van der Waals surface area contributed by atoms with E-state index in [0.717, 1.165) is 0 Å². The summed E-state index contributed by atoms with van der Waals surface area (Å²) in [7, 11) is -0.611. The molecule has 0 aliphatic rings. The second-order valence-corrected chi connectivity index (χ2v) is 3.62. The first-order chi connectivity index (χ1) is 6.04. The van der Waals surface area contributed by atoms with E-state index in [1.165, 1.54) is 18.6 Å². The number of carboxylic acids is 1. The second kappa shape index (κ2) is 6.24. The zero-order valence-corrected chi connectivity index (χ0v) is 8.11. The highest BCUT2D eigenvalue weighted by atomic mass is 32.2. The van der Waals surface area contributed by atoms with Crippen LogP contribution in [0.3, 0.4) is 0 Å². The van der Waals surface area contributed by atoms with Gasteiger partial charge in [0.1, 0.15) is 6.33 Å². The van der Waals surface area contributed by atoms with Crippen LogP contribution in [0.15, 0.2) is 18.6 Å². The molecule has 0 saturated heterocycles. The third-order valence-electron chi connectivity index (χ3n) is 0.801. The molecule has 13 heavy (non-hydrogen) atoms. The number of aromatic carboxylic acids is 1. The largest absolute Gasteiger partial charge is 0.477 e. The highest BCUT2D eigenvalue weighted by molar-refractivity contribution is 7.83. The lowest BCUT2D eigenvalue weighted by Gasteiger charge is -1.86. The lowest BCUT2D eigenvalue weighted by molar-refractivity contribution is 0.0690. The molecular weight excluding hydrogens is 192 g/mol. The number of nitrogens with zero attached hydrogens (tertiary/aromatic N) is 2. The first-order valence-electron chi connectivity index (χ1n) is 3.28. The van der Waals surface area contributed by atoms with E-state index >= 15 is 0 Å². The van der Waals surface area contributed by atoms with Gasteiger partial charge in [0.15, 0.2) is 5.69 Å². The molecule has 0 aliphatic heterocycles. The van der Waals surface area contributed by atoms with E-state index in [0.29, 0.717) is 0 Å². The minimum Gasteiger partial charge on any atom is -0.477 e. The summed E-state index contributed by atoms with van der Waals surface area (Å²) in [6.07, 6.45) is 5.86. The Morgan fingerprint density at radius 3 is 2.31 bits per heavy atom. The van der Waals surface area contributed by atoms with Crippen LogP contribution in [-0.2, 0) is 10.8 Å². The fourth-order valence-electron chi connectivity index (χ4n) is 0.417. The molecule has 0 unspecified atom stereocenters. The van der Waals surface area contributed by atoms with Crippen molar-refractivity contribution in [3.8, 4) is 0 Å². The van der Waals surface area contributed by atoms with Crippen LogP contribution >= 0.6 is 0 Å². The van der Waals surface area contributed by atoms with Crippen molar-refractivity contribution in [1.29, 1.82) is 0 Å². The Morgan fingerprint density at radius 1 is 1.54 bits per heavy atom. The average molecular weight is 202 g/mol. The molecule has 0 aliphatic carbocycles. The summed E-state index contributed by atoms with van der Waals surface area (Å²) in [5, 5.41) is 8.29. The molecule has 0 amide bonds. The number of hydrogen-bond acceptors (Lipinski definition) is 4. The van der Waals surface area contributed by atoms with Gasteiger partial charge in [-0.25, -0.2) is 14.8 Å². The van der Waals surface area contributed by atoms with Crippen molar-refractivity contribution in [2.45, 2.75) is 0 Å². The summed E-state index contributed by atoms with van der Waals surface area (Å²) >= 11 is 0. The first-order valence-corrected chi connectivity index (χ1v) is 5.25.